The molecule has 8 heteroatoms. The fourth-order valence-corrected chi connectivity index (χ4v) is 4.18. The summed E-state index contributed by atoms with van der Waals surface area (Å²) in [6.07, 6.45) is 3.36. The van der Waals surface area contributed by atoms with Crippen LogP contribution in [0, 0.1) is 0 Å². The van der Waals surface area contributed by atoms with Gasteiger partial charge in [-0.15, -0.1) is 0 Å². The molecule has 1 amide bonds. The van der Waals surface area contributed by atoms with Crippen LogP contribution in [-0.2, 0) is 14.6 Å². The zero-order valence-electron chi connectivity index (χ0n) is 13.4. The van der Waals surface area contributed by atoms with Crippen LogP contribution >= 0.6 is 11.6 Å². The summed E-state index contributed by atoms with van der Waals surface area (Å²) in [6, 6.07) is 9.30. The molecular formula is C17H18ClN3O3S. The number of amides is 1. The lowest BCUT2D eigenvalue weighted by Gasteiger charge is -2.36. The van der Waals surface area contributed by atoms with E-state index in [9.17, 15) is 13.2 Å². The second-order valence-corrected chi connectivity index (χ2v) is 8.23. The van der Waals surface area contributed by atoms with E-state index in [4.69, 9.17) is 11.6 Å². The summed E-state index contributed by atoms with van der Waals surface area (Å²) in [5, 5.41) is 3.68. The number of nitrogens with zero attached hydrogens (tertiary/aromatic N) is 2. The number of nitrogens with one attached hydrogen (secondary N) is 1. The van der Waals surface area contributed by atoms with Gasteiger partial charge in [0.1, 0.15) is 5.75 Å². The Bertz CT molecular complexity index is 841. The third-order valence-electron chi connectivity index (χ3n) is 4.12. The third kappa shape index (κ3) is 4.18. The highest BCUT2D eigenvalue weighted by Gasteiger charge is 2.31. The van der Waals surface area contributed by atoms with Crippen LogP contribution in [-0.4, -0.2) is 49.6 Å². The van der Waals surface area contributed by atoms with Crippen LogP contribution in [0.25, 0.3) is 0 Å². The highest BCUT2D eigenvalue weighted by molar-refractivity contribution is 7.92. The molecule has 1 saturated heterocycles. The first-order chi connectivity index (χ1) is 12.0. The predicted octanol–water partition coefficient (Wildman–Crippen LogP) is 1.68. The first-order valence-corrected chi connectivity index (χ1v) is 9.89. The Morgan fingerprint density at radius 3 is 2.72 bits per heavy atom. The Morgan fingerprint density at radius 1 is 1.28 bits per heavy atom. The first-order valence-electron chi connectivity index (χ1n) is 7.86. The summed E-state index contributed by atoms with van der Waals surface area (Å²) < 4.78 is 25.0. The molecule has 1 unspecified atom stereocenters. The van der Waals surface area contributed by atoms with E-state index in [1.54, 1.807) is 23.4 Å². The van der Waals surface area contributed by atoms with Crippen molar-refractivity contribution in [3.05, 3.63) is 59.4 Å². The van der Waals surface area contributed by atoms with Crippen LogP contribution in [0.5, 0.6) is 0 Å². The van der Waals surface area contributed by atoms with Gasteiger partial charge < -0.3 is 10.2 Å². The minimum atomic E-state index is -3.72. The summed E-state index contributed by atoms with van der Waals surface area (Å²) in [6.45, 7) is 1.65. The molecule has 0 spiro atoms. The van der Waals surface area contributed by atoms with E-state index in [0.29, 0.717) is 24.7 Å². The van der Waals surface area contributed by atoms with Crippen LogP contribution in [0.2, 0.25) is 5.02 Å². The molecular weight excluding hydrogens is 362 g/mol. The van der Waals surface area contributed by atoms with Gasteiger partial charge in [-0.1, -0.05) is 17.7 Å². The van der Waals surface area contributed by atoms with Gasteiger partial charge in [-0.2, -0.15) is 0 Å². The lowest BCUT2D eigenvalue weighted by Crippen LogP contribution is -2.50. The van der Waals surface area contributed by atoms with Crippen LogP contribution < -0.4 is 5.32 Å². The topological polar surface area (TPSA) is 79.4 Å². The number of carbonyl (C=O) groups is 1. The van der Waals surface area contributed by atoms with Crippen molar-refractivity contribution < 1.29 is 13.2 Å². The molecule has 0 aliphatic carbocycles. The van der Waals surface area contributed by atoms with E-state index < -0.39 is 21.5 Å². The molecule has 1 N–H and O–H groups in total. The molecule has 132 valence electrons. The van der Waals surface area contributed by atoms with Crippen molar-refractivity contribution in [2.45, 2.75) is 10.9 Å². The zero-order valence-corrected chi connectivity index (χ0v) is 15.0. The highest BCUT2D eigenvalue weighted by atomic mass is 35.5. The predicted molar refractivity (Wildman–Crippen MR) is 95.1 cm³/mol. The van der Waals surface area contributed by atoms with Gasteiger partial charge in [-0.25, -0.2) is 8.42 Å². The summed E-state index contributed by atoms with van der Waals surface area (Å²) in [4.78, 5) is 18.5. The maximum Gasteiger partial charge on any atom is 0.238 e. The smallest absolute Gasteiger partial charge is 0.238 e. The molecule has 3 rings (SSSR count). The molecule has 25 heavy (non-hydrogen) atoms. The monoisotopic (exact) mass is 379 g/mol. The number of rotatable bonds is 4. The average molecular weight is 380 g/mol. The summed E-state index contributed by atoms with van der Waals surface area (Å²) in [5.74, 6) is -0.976. The van der Waals surface area contributed by atoms with Gasteiger partial charge in [0, 0.05) is 37.1 Å². The lowest BCUT2D eigenvalue weighted by atomic mass is 10.1. The van der Waals surface area contributed by atoms with Crippen molar-refractivity contribution >= 4 is 27.3 Å². The largest absolute Gasteiger partial charge is 0.332 e. The van der Waals surface area contributed by atoms with Crippen molar-refractivity contribution in [2.75, 3.05) is 25.4 Å². The fraction of sp³-hybridized carbons (Fsp3) is 0.294. The molecule has 1 aliphatic heterocycles. The van der Waals surface area contributed by atoms with Gasteiger partial charge in [0.05, 0.1) is 10.9 Å². The second-order valence-electron chi connectivity index (χ2n) is 5.81. The second kappa shape index (κ2) is 7.51. The highest BCUT2D eigenvalue weighted by Crippen LogP contribution is 2.23. The molecule has 1 aromatic carbocycles. The van der Waals surface area contributed by atoms with E-state index in [2.05, 4.69) is 10.3 Å². The number of halogens is 1. The Hall–Kier alpha value is -1.96. The Labute approximate surface area is 151 Å². The molecule has 1 atom stereocenters. The quantitative estimate of drug-likeness (QED) is 0.874. The number of benzene rings is 1. The lowest BCUT2D eigenvalue weighted by molar-refractivity contribution is -0.131. The van der Waals surface area contributed by atoms with Crippen molar-refractivity contribution in [2.24, 2.45) is 0 Å². The van der Waals surface area contributed by atoms with E-state index >= 15 is 0 Å². The number of aromatic nitrogens is 1. The average Bonchev–Trinajstić information content (AvgIpc) is 2.62. The molecule has 0 bridgehead atoms. The number of carbonyl (C=O) groups excluding carboxylic acids is 1. The maximum atomic E-state index is 12.7. The van der Waals surface area contributed by atoms with Crippen LogP contribution in [0.1, 0.15) is 11.6 Å². The van der Waals surface area contributed by atoms with Gasteiger partial charge in [0.15, 0.2) is 9.84 Å². The van der Waals surface area contributed by atoms with E-state index in [1.807, 2.05) is 6.07 Å². The van der Waals surface area contributed by atoms with Gasteiger partial charge >= 0.3 is 0 Å². The number of hydrogen-bond donors (Lipinski definition) is 1. The Morgan fingerprint density at radius 2 is 2.04 bits per heavy atom. The fourth-order valence-electron chi connectivity index (χ4n) is 2.84. The molecule has 6 nitrogen and oxygen atoms in total. The SMILES string of the molecule is O=C(CS(=O)(=O)c1ccc(Cl)cc1)N1CCNCC1c1cccnc1. The minimum absolute atomic E-state index is 0.0957. The van der Waals surface area contributed by atoms with Crippen LogP contribution in [0.3, 0.4) is 0 Å². The summed E-state index contributed by atoms with van der Waals surface area (Å²) >= 11 is 5.79. The van der Waals surface area contributed by atoms with E-state index in [0.717, 1.165) is 5.56 Å². The van der Waals surface area contributed by atoms with Crippen molar-refractivity contribution in [3.8, 4) is 0 Å². The van der Waals surface area contributed by atoms with Crippen LogP contribution in [0.15, 0.2) is 53.7 Å². The van der Waals surface area contributed by atoms with Gasteiger partial charge in [0.25, 0.3) is 0 Å². The molecule has 0 saturated carbocycles. The zero-order chi connectivity index (χ0) is 17.9. The summed E-state index contributed by atoms with van der Waals surface area (Å²) in [7, 11) is -3.72. The summed E-state index contributed by atoms with van der Waals surface area (Å²) in [5.41, 5.74) is 0.881. The van der Waals surface area contributed by atoms with Gasteiger partial charge in [0.2, 0.25) is 5.91 Å². The number of hydrogen-bond acceptors (Lipinski definition) is 5. The first kappa shape index (κ1) is 17.8. The third-order valence-corrected chi connectivity index (χ3v) is 5.99. The molecule has 2 aromatic rings. The maximum absolute atomic E-state index is 12.7. The van der Waals surface area contributed by atoms with Gasteiger partial charge in [-0.05, 0) is 35.9 Å². The minimum Gasteiger partial charge on any atom is -0.332 e. The van der Waals surface area contributed by atoms with Crippen molar-refractivity contribution in [3.63, 3.8) is 0 Å². The van der Waals surface area contributed by atoms with Crippen molar-refractivity contribution in [1.29, 1.82) is 0 Å². The normalized spacial score (nSPS) is 18.1. The number of sulfone groups is 1. The number of pyridine rings is 1. The Balaban J connectivity index is 1.80. The van der Waals surface area contributed by atoms with Gasteiger partial charge in [-0.3, -0.25) is 9.78 Å². The standard InChI is InChI=1S/C17H18ClN3O3S/c18-14-3-5-15(6-4-14)25(23,24)12-17(22)21-9-8-20-11-16(21)13-2-1-7-19-10-13/h1-7,10,16,20H,8-9,11-12H2. The number of piperazine rings is 1. The molecule has 2 heterocycles. The van der Waals surface area contributed by atoms with E-state index in [-0.39, 0.29) is 10.9 Å². The molecule has 1 aliphatic rings. The van der Waals surface area contributed by atoms with Crippen LogP contribution in [0.4, 0.5) is 0 Å². The molecule has 1 fully saturated rings. The Kier molecular flexibility index (Phi) is 5.36. The van der Waals surface area contributed by atoms with E-state index in [1.165, 1.54) is 24.3 Å². The van der Waals surface area contributed by atoms with Crippen molar-refractivity contribution in [1.82, 2.24) is 15.2 Å². The molecule has 1 aromatic heterocycles. The molecule has 0 radical (unpaired) electrons.